The summed E-state index contributed by atoms with van der Waals surface area (Å²) in [6.45, 7) is -2.75. The fraction of sp³-hybridized carbons (Fsp3) is 0.706. The van der Waals surface area contributed by atoms with Crippen molar-refractivity contribution in [2.75, 3.05) is 10.6 Å². The van der Waals surface area contributed by atoms with Crippen LogP contribution in [-0.4, -0.2) is 51.9 Å². The molecule has 2 aliphatic carbocycles. The predicted molar refractivity (Wildman–Crippen MR) is 94.6 cm³/mol. The number of nitrogens with one attached hydrogen (secondary N) is 2. The molecule has 2 saturated carbocycles. The number of ether oxygens (including phenoxy) is 1. The van der Waals surface area contributed by atoms with E-state index in [-0.39, 0.29) is 17.6 Å². The predicted octanol–water partition coefficient (Wildman–Crippen LogP) is 1.86. The maximum Gasteiger partial charge on any atom is 0.345 e. The summed E-state index contributed by atoms with van der Waals surface area (Å²) in [4.78, 5) is 20.1. The van der Waals surface area contributed by atoms with Gasteiger partial charge in [-0.15, -0.1) is 0 Å². The van der Waals surface area contributed by atoms with Gasteiger partial charge in [-0.3, -0.25) is 4.79 Å². The Labute approximate surface area is 155 Å². The number of aliphatic hydroxyl groups excluding tert-OH is 1. The lowest BCUT2D eigenvalue weighted by atomic mass is 9.93. The average molecular weight is 385 g/mol. The summed E-state index contributed by atoms with van der Waals surface area (Å²) in [5.41, 5.74) is 5.56. The zero-order valence-electron chi connectivity index (χ0n) is 14.9. The van der Waals surface area contributed by atoms with Crippen LogP contribution in [0.1, 0.15) is 55.3 Å². The standard InChI is InChI=1S/C17H25F2N5O3/c18-16(19)27-10-6-4-9(5-7-10)22-17-21-8-11(14(20)26)15(24-17)23-12-2-1-3-13(12)25/h8-10,12-13,16,25H,1-7H2,(H2,20,26)(H2,21,22,23,24)/t9-,10-,12-,13-/m1/s1. The van der Waals surface area contributed by atoms with Crippen molar-refractivity contribution in [3.8, 4) is 0 Å². The largest absolute Gasteiger partial charge is 0.391 e. The van der Waals surface area contributed by atoms with Crippen molar-refractivity contribution < 1.29 is 23.4 Å². The molecule has 0 aromatic carbocycles. The molecule has 2 aliphatic rings. The Morgan fingerprint density at radius 1 is 1.22 bits per heavy atom. The summed E-state index contributed by atoms with van der Waals surface area (Å²) in [5, 5.41) is 16.3. The highest BCUT2D eigenvalue weighted by molar-refractivity contribution is 5.97. The molecule has 1 aromatic rings. The lowest BCUT2D eigenvalue weighted by Gasteiger charge is -2.29. The van der Waals surface area contributed by atoms with Crippen molar-refractivity contribution >= 4 is 17.7 Å². The summed E-state index contributed by atoms with van der Waals surface area (Å²) in [5.74, 6) is -0.0323. The summed E-state index contributed by atoms with van der Waals surface area (Å²) in [7, 11) is 0. The van der Waals surface area contributed by atoms with Gasteiger partial charge in [-0.05, 0) is 44.9 Å². The topological polar surface area (TPSA) is 122 Å². The minimum Gasteiger partial charge on any atom is -0.391 e. The van der Waals surface area contributed by atoms with E-state index in [4.69, 9.17) is 5.73 Å². The number of carbonyl (C=O) groups excluding carboxylic acids is 1. The molecule has 150 valence electrons. The third-order valence-corrected chi connectivity index (χ3v) is 5.16. The summed E-state index contributed by atoms with van der Waals surface area (Å²) in [6.07, 6.45) is 5.16. The Balaban J connectivity index is 1.64. The number of nitrogens with zero attached hydrogens (tertiary/aromatic N) is 2. The number of aliphatic hydroxyl groups is 1. The molecule has 0 radical (unpaired) electrons. The van der Waals surface area contributed by atoms with Crippen molar-refractivity contribution in [3.63, 3.8) is 0 Å². The third-order valence-electron chi connectivity index (χ3n) is 5.16. The van der Waals surface area contributed by atoms with Crippen LogP contribution in [0.25, 0.3) is 0 Å². The maximum absolute atomic E-state index is 12.3. The third kappa shape index (κ3) is 5.23. The van der Waals surface area contributed by atoms with Crippen LogP contribution in [0.15, 0.2) is 6.20 Å². The van der Waals surface area contributed by atoms with E-state index in [0.717, 1.165) is 12.8 Å². The van der Waals surface area contributed by atoms with Gasteiger partial charge in [0, 0.05) is 12.2 Å². The van der Waals surface area contributed by atoms with Gasteiger partial charge >= 0.3 is 6.61 Å². The molecule has 2 fully saturated rings. The van der Waals surface area contributed by atoms with Crippen LogP contribution in [0.5, 0.6) is 0 Å². The lowest BCUT2D eigenvalue weighted by molar-refractivity contribution is -0.169. The van der Waals surface area contributed by atoms with Crippen LogP contribution < -0.4 is 16.4 Å². The zero-order valence-corrected chi connectivity index (χ0v) is 14.9. The number of rotatable bonds is 7. The number of halogens is 2. The van der Waals surface area contributed by atoms with Gasteiger partial charge in [0.1, 0.15) is 5.82 Å². The molecule has 1 aromatic heterocycles. The van der Waals surface area contributed by atoms with Crippen molar-refractivity contribution in [1.82, 2.24) is 9.97 Å². The molecule has 1 amide bonds. The van der Waals surface area contributed by atoms with Crippen LogP contribution in [0.2, 0.25) is 0 Å². The molecule has 0 spiro atoms. The molecule has 2 atom stereocenters. The van der Waals surface area contributed by atoms with Gasteiger partial charge in [0.05, 0.1) is 23.8 Å². The summed E-state index contributed by atoms with van der Waals surface area (Å²) in [6, 6.07) is -0.153. The molecule has 1 heterocycles. The van der Waals surface area contributed by atoms with Gasteiger partial charge in [0.25, 0.3) is 5.91 Å². The number of primary amides is 1. The Hall–Kier alpha value is -2.07. The van der Waals surface area contributed by atoms with E-state index >= 15 is 0 Å². The van der Waals surface area contributed by atoms with E-state index in [0.29, 0.717) is 43.9 Å². The number of hydrogen-bond donors (Lipinski definition) is 4. The molecular weight excluding hydrogens is 360 g/mol. The number of nitrogens with two attached hydrogens (primary N) is 1. The Bertz CT molecular complexity index is 655. The van der Waals surface area contributed by atoms with Crippen LogP contribution in [0.3, 0.4) is 0 Å². The van der Waals surface area contributed by atoms with E-state index in [1.165, 1.54) is 6.20 Å². The average Bonchev–Trinajstić information content (AvgIpc) is 3.01. The van der Waals surface area contributed by atoms with Crippen molar-refractivity contribution in [2.24, 2.45) is 5.73 Å². The quantitative estimate of drug-likeness (QED) is 0.565. The van der Waals surface area contributed by atoms with E-state index in [2.05, 4.69) is 25.3 Å². The number of alkyl halides is 2. The van der Waals surface area contributed by atoms with Crippen LogP contribution in [0, 0.1) is 0 Å². The number of hydrogen-bond acceptors (Lipinski definition) is 7. The second-order valence-electron chi connectivity index (χ2n) is 7.08. The maximum atomic E-state index is 12.3. The highest BCUT2D eigenvalue weighted by atomic mass is 19.3. The minimum absolute atomic E-state index is 0.0341. The van der Waals surface area contributed by atoms with Gasteiger partial charge < -0.3 is 26.2 Å². The highest BCUT2D eigenvalue weighted by Crippen LogP contribution is 2.27. The molecule has 3 rings (SSSR count). The summed E-state index contributed by atoms with van der Waals surface area (Å²) >= 11 is 0. The SMILES string of the molecule is NC(=O)c1cnc(N[C@H]2CC[C@H](OC(F)F)CC2)nc1N[C@@H]1CCC[C@H]1O. The van der Waals surface area contributed by atoms with Crippen molar-refractivity contribution in [2.45, 2.75) is 75.8 Å². The molecule has 10 heteroatoms. The van der Waals surface area contributed by atoms with Crippen molar-refractivity contribution in [3.05, 3.63) is 11.8 Å². The molecule has 0 aliphatic heterocycles. The van der Waals surface area contributed by atoms with E-state index in [1.54, 1.807) is 0 Å². The highest BCUT2D eigenvalue weighted by Gasteiger charge is 2.28. The number of amides is 1. The van der Waals surface area contributed by atoms with Gasteiger partial charge in [-0.25, -0.2) is 4.98 Å². The smallest absolute Gasteiger partial charge is 0.345 e. The Morgan fingerprint density at radius 3 is 2.56 bits per heavy atom. The Morgan fingerprint density at radius 2 is 1.96 bits per heavy atom. The van der Waals surface area contributed by atoms with Crippen molar-refractivity contribution in [1.29, 1.82) is 0 Å². The Kier molecular flexibility index (Phi) is 6.38. The fourth-order valence-corrected chi connectivity index (χ4v) is 3.70. The molecular formula is C17H25F2N5O3. The normalized spacial score (nSPS) is 28.3. The van der Waals surface area contributed by atoms with Crippen LogP contribution in [-0.2, 0) is 4.74 Å². The molecule has 8 nitrogen and oxygen atoms in total. The van der Waals surface area contributed by atoms with Gasteiger partial charge in [-0.1, -0.05) is 0 Å². The molecule has 0 saturated heterocycles. The number of aromatic nitrogens is 2. The monoisotopic (exact) mass is 385 g/mol. The lowest BCUT2D eigenvalue weighted by Crippen LogP contribution is -2.32. The minimum atomic E-state index is -2.75. The van der Waals surface area contributed by atoms with Gasteiger partial charge in [0.15, 0.2) is 0 Å². The first-order valence-corrected chi connectivity index (χ1v) is 9.24. The first-order chi connectivity index (χ1) is 12.9. The summed E-state index contributed by atoms with van der Waals surface area (Å²) < 4.78 is 29.1. The zero-order chi connectivity index (χ0) is 19.4. The number of anilines is 2. The molecule has 27 heavy (non-hydrogen) atoms. The molecule has 5 N–H and O–H groups in total. The van der Waals surface area contributed by atoms with Gasteiger partial charge in [0.2, 0.25) is 5.95 Å². The molecule has 0 bridgehead atoms. The number of carbonyl (C=O) groups is 1. The molecule has 0 unspecified atom stereocenters. The van der Waals surface area contributed by atoms with Crippen LogP contribution >= 0.6 is 0 Å². The second-order valence-corrected chi connectivity index (χ2v) is 7.08. The second kappa shape index (κ2) is 8.75. The first-order valence-electron chi connectivity index (χ1n) is 9.24. The first kappa shape index (κ1) is 19.7. The van der Waals surface area contributed by atoms with E-state index < -0.39 is 24.7 Å². The fourth-order valence-electron chi connectivity index (χ4n) is 3.70. The van der Waals surface area contributed by atoms with Crippen LogP contribution in [0.4, 0.5) is 20.5 Å². The van der Waals surface area contributed by atoms with E-state index in [1.807, 2.05) is 0 Å². The van der Waals surface area contributed by atoms with E-state index in [9.17, 15) is 18.7 Å². The van der Waals surface area contributed by atoms with Gasteiger partial charge in [-0.2, -0.15) is 13.8 Å².